The molecule has 0 aromatic heterocycles. The van der Waals surface area contributed by atoms with Gasteiger partial charge >= 0.3 is 6.09 Å². The average Bonchev–Trinajstić information content (AvgIpc) is 2.32. The SMILES string of the molecule is COC(=O)NN(C(=O)c1cc(C)cc(C)c1)C(C)(C)C. The number of aryl methyl sites for hydroxylation is 2. The van der Waals surface area contributed by atoms with Crippen LogP contribution in [-0.4, -0.2) is 29.7 Å². The van der Waals surface area contributed by atoms with Gasteiger partial charge in [0.1, 0.15) is 0 Å². The molecule has 5 nitrogen and oxygen atoms in total. The second kappa shape index (κ2) is 5.94. The normalized spacial score (nSPS) is 10.9. The van der Waals surface area contributed by atoms with Crippen LogP contribution < -0.4 is 5.43 Å². The highest BCUT2D eigenvalue weighted by molar-refractivity contribution is 5.95. The van der Waals surface area contributed by atoms with Crippen LogP contribution in [0.2, 0.25) is 0 Å². The number of carbonyl (C=O) groups excluding carboxylic acids is 2. The van der Waals surface area contributed by atoms with E-state index < -0.39 is 11.6 Å². The number of ether oxygens (including phenoxy) is 1. The van der Waals surface area contributed by atoms with E-state index in [0.29, 0.717) is 5.56 Å². The summed E-state index contributed by atoms with van der Waals surface area (Å²) >= 11 is 0. The van der Waals surface area contributed by atoms with Crippen molar-refractivity contribution in [2.45, 2.75) is 40.2 Å². The van der Waals surface area contributed by atoms with Crippen LogP contribution in [-0.2, 0) is 4.74 Å². The molecule has 0 aliphatic carbocycles. The van der Waals surface area contributed by atoms with Crippen LogP contribution >= 0.6 is 0 Å². The van der Waals surface area contributed by atoms with E-state index in [2.05, 4.69) is 10.2 Å². The number of nitrogens with one attached hydrogen (secondary N) is 1. The van der Waals surface area contributed by atoms with Crippen LogP contribution in [0.5, 0.6) is 0 Å². The van der Waals surface area contributed by atoms with Crippen molar-refractivity contribution in [2.75, 3.05) is 7.11 Å². The Hall–Kier alpha value is -2.04. The molecule has 0 fully saturated rings. The number of rotatable bonds is 1. The number of benzene rings is 1. The molecule has 1 rings (SSSR count). The highest BCUT2D eigenvalue weighted by atomic mass is 16.5. The lowest BCUT2D eigenvalue weighted by molar-refractivity contribution is 0.0379. The molecule has 0 aliphatic rings. The van der Waals surface area contributed by atoms with Gasteiger partial charge in [0.25, 0.3) is 5.91 Å². The van der Waals surface area contributed by atoms with Gasteiger partial charge in [-0.25, -0.2) is 15.2 Å². The first-order chi connectivity index (χ1) is 9.15. The Morgan fingerprint density at radius 3 is 2.00 bits per heavy atom. The molecule has 0 aliphatic heterocycles. The van der Waals surface area contributed by atoms with Crippen molar-refractivity contribution in [3.05, 3.63) is 34.9 Å². The third-order valence-corrected chi connectivity index (χ3v) is 2.73. The average molecular weight is 278 g/mol. The predicted octanol–water partition coefficient (Wildman–Crippen LogP) is 2.82. The Morgan fingerprint density at radius 1 is 1.10 bits per heavy atom. The van der Waals surface area contributed by atoms with Crippen LogP contribution in [0, 0.1) is 13.8 Å². The Kier molecular flexibility index (Phi) is 4.76. The third-order valence-electron chi connectivity index (χ3n) is 2.73. The summed E-state index contributed by atoms with van der Waals surface area (Å²) in [5.41, 5.74) is 4.44. The van der Waals surface area contributed by atoms with Crippen molar-refractivity contribution in [3.63, 3.8) is 0 Å². The molecule has 2 amide bonds. The van der Waals surface area contributed by atoms with Crippen molar-refractivity contribution in [2.24, 2.45) is 0 Å². The van der Waals surface area contributed by atoms with Gasteiger partial charge in [-0.2, -0.15) is 0 Å². The lowest BCUT2D eigenvalue weighted by Gasteiger charge is -2.35. The first-order valence-electron chi connectivity index (χ1n) is 6.42. The highest BCUT2D eigenvalue weighted by Gasteiger charge is 2.29. The van der Waals surface area contributed by atoms with Crippen LogP contribution in [0.4, 0.5) is 4.79 Å². The second-order valence-corrected chi connectivity index (χ2v) is 5.79. The maximum Gasteiger partial charge on any atom is 0.425 e. The summed E-state index contributed by atoms with van der Waals surface area (Å²) in [6.07, 6.45) is -0.669. The molecule has 0 unspecified atom stereocenters. The molecule has 0 radical (unpaired) electrons. The van der Waals surface area contributed by atoms with Crippen molar-refractivity contribution in [1.82, 2.24) is 10.4 Å². The molecule has 0 spiro atoms. The van der Waals surface area contributed by atoms with E-state index in [4.69, 9.17) is 0 Å². The fourth-order valence-electron chi connectivity index (χ4n) is 1.89. The Morgan fingerprint density at radius 2 is 1.60 bits per heavy atom. The maximum absolute atomic E-state index is 12.6. The molecule has 1 aromatic rings. The van der Waals surface area contributed by atoms with Crippen LogP contribution in [0.15, 0.2) is 18.2 Å². The lowest BCUT2D eigenvalue weighted by Crippen LogP contribution is -2.55. The van der Waals surface area contributed by atoms with E-state index >= 15 is 0 Å². The molecule has 5 heteroatoms. The molecule has 0 bridgehead atoms. The number of nitrogens with zero attached hydrogens (tertiary/aromatic N) is 1. The molecule has 0 heterocycles. The van der Waals surface area contributed by atoms with Crippen molar-refractivity contribution < 1.29 is 14.3 Å². The van der Waals surface area contributed by atoms with E-state index in [1.54, 1.807) is 12.1 Å². The van der Waals surface area contributed by atoms with Gasteiger partial charge in [0, 0.05) is 5.56 Å². The van der Waals surface area contributed by atoms with Gasteiger partial charge in [0.2, 0.25) is 0 Å². The Labute approximate surface area is 119 Å². The Balaban J connectivity index is 3.13. The van der Waals surface area contributed by atoms with Crippen molar-refractivity contribution >= 4 is 12.0 Å². The van der Waals surface area contributed by atoms with Gasteiger partial charge < -0.3 is 4.74 Å². The fourth-order valence-corrected chi connectivity index (χ4v) is 1.89. The summed E-state index contributed by atoms with van der Waals surface area (Å²) in [6.45, 7) is 9.37. The van der Waals surface area contributed by atoms with Gasteiger partial charge in [-0.05, 0) is 46.8 Å². The minimum Gasteiger partial charge on any atom is -0.452 e. The molecular formula is C15H22N2O3. The first-order valence-corrected chi connectivity index (χ1v) is 6.42. The van der Waals surface area contributed by atoms with E-state index in [-0.39, 0.29) is 5.91 Å². The van der Waals surface area contributed by atoms with Gasteiger partial charge in [-0.15, -0.1) is 0 Å². The van der Waals surface area contributed by atoms with Gasteiger partial charge in [0.15, 0.2) is 0 Å². The van der Waals surface area contributed by atoms with E-state index in [1.165, 1.54) is 12.1 Å². The van der Waals surface area contributed by atoms with Gasteiger partial charge in [-0.3, -0.25) is 4.79 Å². The molecule has 1 N–H and O–H groups in total. The molecular weight excluding hydrogens is 256 g/mol. The quantitative estimate of drug-likeness (QED) is 0.804. The molecule has 1 aromatic carbocycles. The van der Waals surface area contributed by atoms with Gasteiger partial charge in [0.05, 0.1) is 12.6 Å². The van der Waals surface area contributed by atoms with Crippen LogP contribution in [0.25, 0.3) is 0 Å². The van der Waals surface area contributed by atoms with Crippen LogP contribution in [0.3, 0.4) is 0 Å². The van der Waals surface area contributed by atoms with Crippen molar-refractivity contribution in [3.8, 4) is 0 Å². The molecule has 20 heavy (non-hydrogen) atoms. The second-order valence-electron chi connectivity index (χ2n) is 5.79. The van der Waals surface area contributed by atoms with E-state index in [9.17, 15) is 9.59 Å². The third kappa shape index (κ3) is 3.98. The number of hydrazine groups is 1. The molecule has 0 atom stereocenters. The molecule has 0 saturated carbocycles. The summed E-state index contributed by atoms with van der Waals surface area (Å²) in [6, 6.07) is 5.59. The Bertz CT molecular complexity index is 498. The van der Waals surface area contributed by atoms with E-state index in [1.807, 2.05) is 40.7 Å². The standard InChI is InChI=1S/C15H22N2O3/c1-10-7-11(2)9-12(8-10)13(18)17(15(3,4)5)16-14(19)20-6/h7-9H,1-6H3,(H,16,19). The number of hydrogen-bond donors (Lipinski definition) is 1. The molecule has 110 valence electrons. The summed E-state index contributed by atoms with van der Waals surface area (Å²) < 4.78 is 4.57. The largest absolute Gasteiger partial charge is 0.452 e. The summed E-state index contributed by atoms with van der Waals surface area (Å²) in [5, 5.41) is 1.28. The monoisotopic (exact) mass is 278 g/mol. The zero-order chi connectivity index (χ0) is 15.5. The summed E-state index contributed by atoms with van der Waals surface area (Å²) in [5.74, 6) is -0.269. The highest BCUT2D eigenvalue weighted by Crippen LogP contribution is 2.17. The number of methoxy groups -OCH3 is 1. The zero-order valence-corrected chi connectivity index (χ0v) is 12.9. The van der Waals surface area contributed by atoms with E-state index in [0.717, 1.165) is 11.1 Å². The zero-order valence-electron chi connectivity index (χ0n) is 12.9. The van der Waals surface area contributed by atoms with Crippen molar-refractivity contribution in [1.29, 1.82) is 0 Å². The maximum atomic E-state index is 12.6. The smallest absolute Gasteiger partial charge is 0.425 e. The molecule has 0 saturated heterocycles. The number of hydrogen-bond acceptors (Lipinski definition) is 3. The minimum absolute atomic E-state index is 0.269. The first kappa shape index (κ1) is 16.0. The summed E-state index contributed by atoms with van der Waals surface area (Å²) in [7, 11) is 1.26. The topological polar surface area (TPSA) is 58.6 Å². The fraction of sp³-hybridized carbons (Fsp3) is 0.467. The summed E-state index contributed by atoms with van der Waals surface area (Å²) in [4.78, 5) is 24.0. The van der Waals surface area contributed by atoms with Gasteiger partial charge in [-0.1, -0.05) is 17.2 Å². The lowest BCUT2D eigenvalue weighted by atomic mass is 10.0. The minimum atomic E-state index is -0.669. The number of amides is 2. The number of carbonyl (C=O) groups is 2. The predicted molar refractivity (Wildman–Crippen MR) is 77.4 cm³/mol. The van der Waals surface area contributed by atoms with Crippen LogP contribution in [0.1, 0.15) is 42.3 Å².